The molecule has 164 valence electrons. The molecule has 1 amide bonds. The predicted molar refractivity (Wildman–Crippen MR) is 137 cm³/mol. The van der Waals surface area contributed by atoms with Gasteiger partial charge in [-0.25, -0.2) is 5.43 Å². The van der Waals surface area contributed by atoms with Gasteiger partial charge in [-0.3, -0.25) is 14.9 Å². The normalized spacial score (nSPS) is 10.7. The highest BCUT2D eigenvalue weighted by Crippen LogP contribution is 2.29. The molecule has 0 aliphatic rings. The van der Waals surface area contributed by atoms with Crippen LogP contribution in [0, 0.1) is 17.3 Å². The summed E-state index contributed by atoms with van der Waals surface area (Å²) in [6.07, 6.45) is 1.55. The van der Waals surface area contributed by atoms with E-state index in [-0.39, 0.29) is 24.8 Å². The Bertz CT molecular complexity index is 1100. The molecule has 3 aromatic rings. The number of para-hydroxylation sites is 1. The minimum Gasteiger partial charge on any atom is -0.487 e. The van der Waals surface area contributed by atoms with Gasteiger partial charge in [0, 0.05) is 12.1 Å². The van der Waals surface area contributed by atoms with Crippen LogP contribution in [0.4, 0.5) is 5.69 Å². The van der Waals surface area contributed by atoms with Crippen LogP contribution in [0.15, 0.2) is 71.8 Å². The fraction of sp³-hybridized carbons (Fsp3) is 0.0909. The van der Waals surface area contributed by atoms with E-state index in [4.69, 9.17) is 9.47 Å². The molecule has 0 atom stereocenters. The van der Waals surface area contributed by atoms with Gasteiger partial charge in [0.25, 0.3) is 11.6 Å². The number of nitrogens with zero attached hydrogens (tertiary/aromatic N) is 2. The topological polar surface area (TPSA) is 103 Å². The molecule has 3 rings (SSSR count). The number of nitro groups is 1. The highest BCUT2D eigenvalue weighted by molar-refractivity contribution is 14.1. The molecule has 0 aliphatic heterocycles. The Kier molecular flexibility index (Phi) is 8.79. The number of nitro benzene ring substituents is 1. The Hall–Kier alpha value is -2.74. The predicted octanol–water partition coefficient (Wildman–Crippen LogP) is 4.91. The first-order valence-corrected chi connectivity index (χ1v) is 11.4. The number of non-ortho nitro benzene ring substituents is 1. The van der Waals surface area contributed by atoms with Gasteiger partial charge in [0.05, 0.1) is 18.3 Å². The summed E-state index contributed by atoms with van der Waals surface area (Å²) in [7, 11) is 0. The third kappa shape index (κ3) is 7.15. The lowest BCUT2D eigenvalue weighted by Gasteiger charge is -2.11. The number of hydrazone groups is 1. The summed E-state index contributed by atoms with van der Waals surface area (Å²) < 4.78 is 13.0. The molecule has 0 aliphatic carbocycles. The molecular formula is C22H17I2N3O5. The quantitative estimate of drug-likeness (QED) is 0.153. The van der Waals surface area contributed by atoms with Gasteiger partial charge in [0.1, 0.15) is 18.1 Å². The lowest BCUT2D eigenvalue weighted by atomic mass is 10.2. The van der Waals surface area contributed by atoms with Crippen LogP contribution in [0.1, 0.15) is 11.1 Å². The van der Waals surface area contributed by atoms with Crippen molar-refractivity contribution in [2.45, 2.75) is 6.61 Å². The van der Waals surface area contributed by atoms with Crippen LogP contribution in [-0.4, -0.2) is 23.7 Å². The number of carbonyl (C=O) groups excluding carboxylic acids is 1. The van der Waals surface area contributed by atoms with Crippen LogP contribution in [0.25, 0.3) is 0 Å². The zero-order valence-electron chi connectivity index (χ0n) is 16.5. The minimum absolute atomic E-state index is 0.0419. The van der Waals surface area contributed by atoms with Gasteiger partial charge >= 0.3 is 0 Å². The third-order valence-electron chi connectivity index (χ3n) is 4.07. The Labute approximate surface area is 211 Å². The highest BCUT2D eigenvalue weighted by atomic mass is 127. The third-order valence-corrected chi connectivity index (χ3v) is 5.67. The summed E-state index contributed by atoms with van der Waals surface area (Å²) in [5.74, 6) is 0.958. The van der Waals surface area contributed by atoms with Crippen molar-refractivity contribution in [3.05, 3.63) is 95.1 Å². The van der Waals surface area contributed by atoms with Gasteiger partial charge in [-0.1, -0.05) is 18.2 Å². The molecule has 0 heterocycles. The van der Waals surface area contributed by atoms with E-state index < -0.39 is 4.92 Å². The van der Waals surface area contributed by atoms with E-state index in [1.807, 2.05) is 30.3 Å². The van der Waals surface area contributed by atoms with E-state index in [1.54, 1.807) is 30.5 Å². The maximum Gasteiger partial charge on any atom is 0.277 e. The highest BCUT2D eigenvalue weighted by Gasteiger charge is 2.10. The zero-order chi connectivity index (χ0) is 22.9. The van der Waals surface area contributed by atoms with Crippen molar-refractivity contribution in [3.8, 4) is 11.5 Å². The first-order valence-electron chi connectivity index (χ1n) is 9.27. The Morgan fingerprint density at radius 1 is 1.03 bits per heavy atom. The van der Waals surface area contributed by atoms with Crippen molar-refractivity contribution in [3.63, 3.8) is 0 Å². The molecule has 32 heavy (non-hydrogen) atoms. The smallest absolute Gasteiger partial charge is 0.277 e. The molecule has 10 heteroatoms. The molecule has 0 aromatic heterocycles. The molecule has 0 radical (unpaired) electrons. The van der Waals surface area contributed by atoms with Crippen LogP contribution in [0.2, 0.25) is 0 Å². The van der Waals surface area contributed by atoms with Crippen LogP contribution < -0.4 is 14.9 Å². The number of benzene rings is 3. The fourth-order valence-corrected chi connectivity index (χ4v) is 4.67. The molecule has 0 bridgehead atoms. The molecule has 0 saturated carbocycles. The van der Waals surface area contributed by atoms with Crippen molar-refractivity contribution in [1.29, 1.82) is 0 Å². The summed E-state index contributed by atoms with van der Waals surface area (Å²) in [5.41, 5.74) is 4.10. The number of hydrogen-bond acceptors (Lipinski definition) is 6. The van der Waals surface area contributed by atoms with Crippen molar-refractivity contribution in [2.24, 2.45) is 5.10 Å². The van der Waals surface area contributed by atoms with Crippen LogP contribution in [0.3, 0.4) is 0 Å². The molecule has 0 fully saturated rings. The number of rotatable bonds is 9. The molecule has 1 N–H and O–H groups in total. The van der Waals surface area contributed by atoms with Crippen molar-refractivity contribution < 1.29 is 19.2 Å². The van der Waals surface area contributed by atoms with Gasteiger partial charge in [0.2, 0.25) is 0 Å². The molecular weight excluding hydrogens is 640 g/mol. The summed E-state index contributed by atoms with van der Waals surface area (Å²) in [6.45, 7) is 0.154. The van der Waals surface area contributed by atoms with E-state index in [2.05, 4.69) is 55.7 Å². The largest absolute Gasteiger partial charge is 0.487 e. The average Bonchev–Trinajstić information content (AvgIpc) is 2.78. The van der Waals surface area contributed by atoms with Crippen LogP contribution in [0.5, 0.6) is 11.5 Å². The van der Waals surface area contributed by atoms with E-state index >= 15 is 0 Å². The minimum atomic E-state index is -0.435. The average molecular weight is 657 g/mol. The zero-order valence-corrected chi connectivity index (χ0v) is 20.8. The number of halogens is 2. The van der Waals surface area contributed by atoms with Crippen LogP contribution in [-0.2, 0) is 11.4 Å². The maximum absolute atomic E-state index is 11.9. The number of ether oxygens (including phenoxy) is 2. The Balaban J connectivity index is 1.54. The van der Waals surface area contributed by atoms with Gasteiger partial charge < -0.3 is 9.47 Å². The SMILES string of the molecule is O=C(COc1ccccc1)N/N=C\c1cc(I)c(OCc2ccc([N+](=O)[O-])cc2)c(I)c1. The van der Waals surface area contributed by atoms with Crippen LogP contribution >= 0.6 is 45.2 Å². The Morgan fingerprint density at radius 3 is 2.31 bits per heavy atom. The summed E-state index contributed by atoms with van der Waals surface area (Å²) >= 11 is 4.33. The number of hydrogen-bond donors (Lipinski definition) is 1. The van der Waals surface area contributed by atoms with Gasteiger partial charge in [-0.2, -0.15) is 5.10 Å². The second-order valence-electron chi connectivity index (χ2n) is 6.42. The van der Waals surface area contributed by atoms with E-state index in [1.165, 1.54) is 12.1 Å². The molecule has 0 spiro atoms. The molecule has 0 unspecified atom stereocenters. The van der Waals surface area contributed by atoms with Gasteiger partial charge in [-0.15, -0.1) is 0 Å². The van der Waals surface area contributed by atoms with E-state index in [9.17, 15) is 14.9 Å². The lowest BCUT2D eigenvalue weighted by molar-refractivity contribution is -0.384. The Morgan fingerprint density at radius 2 is 1.69 bits per heavy atom. The second-order valence-corrected chi connectivity index (χ2v) is 8.75. The molecule has 8 nitrogen and oxygen atoms in total. The number of amides is 1. The lowest BCUT2D eigenvalue weighted by Crippen LogP contribution is -2.24. The fourth-order valence-electron chi connectivity index (χ4n) is 2.54. The summed E-state index contributed by atoms with van der Waals surface area (Å²) in [6, 6.07) is 19.1. The van der Waals surface area contributed by atoms with Crippen molar-refractivity contribution in [2.75, 3.05) is 6.61 Å². The van der Waals surface area contributed by atoms with Crippen molar-refractivity contribution >= 4 is 63.0 Å². The first-order chi connectivity index (χ1) is 15.4. The molecule has 3 aromatic carbocycles. The summed E-state index contributed by atoms with van der Waals surface area (Å²) in [4.78, 5) is 22.2. The first kappa shape index (κ1) is 23.9. The van der Waals surface area contributed by atoms with E-state index in [0.717, 1.165) is 18.3 Å². The van der Waals surface area contributed by atoms with E-state index in [0.29, 0.717) is 11.5 Å². The second kappa shape index (κ2) is 11.8. The van der Waals surface area contributed by atoms with Gasteiger partial charge in [0.15, 0.2) is 6.61 Å². The number of nitrogens with one attached hydrogen (secondary N) is 1. The summed E-state index contributed by atoms with van der Waals surface area (Å²) in [5, 5.41) is 14.7. The van der Waals surface area contributed by atoms with Crippen molar-refractivity contribution in [1.82, 2.24) is 5.43 Å². The molecule has 0 saturated heterocycles. The standard InChI is InChI=1S/C22H17I2N3O5/c23-19-10-16(12-25-26-21(28)14-31-18-4-2-1-3-5-18)11-20(24)22(19)32-13-15-6-8-17(9-7-15)27(29)30/h1-12H,13-14H2,(H,26,28)/b25-12-. The number of carbonyl (C=O) groups is 1. The monoisotopic (exact) mass is 657 g/mol. The maximum atomic E-state index is 11.9. The van der Waals surface area contributed by atoms with Gasteiger partial charge in [-0.05, 0) is 92.7 Å².